The zero-order chi connectivity index (χ0) is 18.1. The fourth-order valence-electron chi connectivity index (χ4n) is 4.12. The van der Waals surface area contributed by atoms with Crippen LogP contribution in [0.2, 0.25) is 0 Å². The van der Waals surface area contributed by atoms with E-state index in [1.807, 2.05) is 0 Å². The maximum atomic E-state index is 5.81. The third kappa shape index (κ3) is 8.83. The number of unbranched alkanes of at least 4 members (excludes halogenated alkanes) is 2. The summed E-state index contributed by atoms with van der Waals surface area (Å²) in [4.78, 5) is 5.06. The average molecular weight is 357 g/mol. The van der Waals surface area contributed by atoms with Gasteiger partial charge in [0.2, 0.25) is 0 Å². The second kappa shape index (κ2) is 11.5. The van der Waals surface area contributed by atoms with Crippen LogP contribution in [0.4, 0.5) is 0 Å². The zero-order valence-corrected chi connectivity index (χ0v) is 16.9. The molecule has 2 fully saturated rings. The smallest absolute Gasteiger partial charge is 0.0678 e. The van der Waals surface area contributed by atoms with Gasteiger partial charge in [0.1, 0.15) is 0 Å². The van der Waals surface area contributed by atoms with Gasteiger partial charge in [-0.3, -0.25) is 9.80 Å². The van der Waals surface area contributed by atoms with Crippen LogP contribution >= 0.6 is 0 Å². The number of nitrogens with zero attached hydrogens (tertiary/aromatic N) is 2. The van der Waals surface area contributed by atoms with Gasteiger partial charge in [0.25, 0.3) is 0 Å². The van der Waals surface area contributed by atoms with Crippen LogP contribution in [0.15, 0.2) is 0 Å². The first kappa shape index (κ1) is 21.1. The van der Waals surface area contributed by atoms with Crippen LogP contribution in [0.5, 0.6) is 0 Å². The summed E-state index contributed by atoms with van der Waals surface area (Å²) in [6.45, 7) is 17.1. The van der Waals surface area contributed by atoms with Crippen molar-refractivity contribution in [3.63, 3.8) is 0 Å². The molecule has 5 heteroatoms. The third-order valence-corrected chi connectivity index (χ3v) is 5.02. The van der Waals surface area contributed by atoms with Gasteiger partial charge in [-0.05, 0) is 66.5 Å². The second-order valence-electron chi connectivity index (χ2n) is 8.06. The van der Waals surface area contributed by atoms with Gasteiger partial charge in [-0.2, -0.15) is 0 Å². The number of hydrogen-bond donors (Lipinski definition) is 0. The highest BCUT2D eigenvalue weighted by Gasteiger charge is 2.22. The minimum atomic E-state index is 0.373. The molecule has 2 rings (SSSR count). The third-order valence-electron chi connectivity index (χ3n) is 5.02. The molecule has 0 aromatic carbocycles. The molecule has 4 atom stereocenters. The predicted octanol–water partition coefficient (Wildman–Crippen LogP) is 2.78. The van der Waals surface area contributed by atoms with Gasteiger partial charge in [-0.25, -0.2) is 0 Å². The van der Waals surface area contributed by atoms with E-state index in [0.717, 1.165) is 39.4 Å². The van der Waals surface area contributed by atoms with Crippen LogP contribution in [0, 0.1) is 0 Å². The Morgan fingerprint density at radius 2 is 1.00 bits per heavy atom. The lowest BCUT2D eigenvalue weighted by Gasteiger charge is -2.35. The van der Waals surface area contributed by atoms with Gasteiger partial charge in [0.05, 0.1) is 24.4 Å². The summed E-state index contributed by atoms with van der Waals surface area (Å²) in [5.74, 6) is 0. The Morgan fingerprint density at radius 1 is 0.640 bits per heavy atom. The van der Waals surface area contributed by atoms with Crippen LogP contribution in [-0.2, 0) is 14.2 Å². The largest absolute Gasteiger partial charge is 0.381 e. The van der Waals surface area contributed by atoms with E-state index in [-0.39, 0.29) is 0 Å². The van der Waals surface area contributed by atoms with Crippen molar-refractivity contribution in [2.75, 3.05) is 52.5 Å². The molecule has 148 valence electrons. The molecule has 2 saturated heterocycles. The van der Waals surface area contributed by atoms with Crippen molar-refractivity contribution in [2.24, 2.45) is 0 Å². The molecule has 2 aliphatic heterocycles. The molecule has 2 heterocycles. The molecule has 2 aliphatic rings. The SMILES string of the molecule is CC1CN(CCCCOCCCCN2CC(C)OC(C)C2)CC(C)O1. The summed E-state index contributed by atoms with van der Waals surface area (Å²) in [6, 6.07) is 0. The first-order chi connectivity index (χ1) is 12.0. The van der Waals surface area contributed by atoms with Crippen molar-refractivity contribution >= 4 is 0 Å². The van der Waals surface area contributed by atoms with Gasteiger partial charge >= 0.3 is 0 Å². The Morgan fingerprint density at radius 3 is 1.36 bits per heavy atom. The fraction of sp³-hybridized carbons (Fsp3) is 1.00. The molecule has 5 nitrogen and oxygen atoms in total. The van der Waals surface area contributed by atoms with Crippen LogP contribution in [0.1, 0.15) is 53.4 Å². The number of hydrogen-bond acceptors (Lipinski definition) is 5. The Hall–Kier alpha value is -0.200. The molecule has 0 aliphatic carbocycles. The van der Waals surface area contributed by atoms with Gasteiger partial charge in [0, 0.05) is 39.4 Å². The summed E-state index contributed by atoms with van der Waals surface area (Å²) >= 11 is 0. The van der Waals surface area contributed by atoms with E-state index >= 15 is 0 Å². The maximum Gasteiger partial charge on any atom is 0.0678 e. The minimum Gasteiger partial charge on any atom is -0.381 e. The lowest BCUT2D eigenvalue weighted by atomic mass is 10.2. The normalized spacial score (nSPS) is 32.2. The van der Waals surface area contributed by atoms with Gasteiger partial charge < -0.3 is 14.2 Å². The molecule has 4 unspecified atom stereocenters. The van der Waals surface area contributed by atoms with Crippen molar-refractivity contribution in [3.05, 3.63) is 0 Å². The molecule has 0 saturated carbocycles. The van der Waals surface area contributed by atoms with E-state index < -0.39 is 0 Å². The Bertz CT molecular complexity index is 304. The predicted molar refractivity (Wildman–Crippen MR) is 102 cm³/mol. The minimum absolute atomic E-state index is 0.373. The topological polar surface area (TPSA) is 34.2 Å². The first-order valence-corrected chi connectivity index (χ1v) is 10.4. The zero-order valence-electron chi connectivity index (χ0n) is 16.9. The van der Waals surface area contributed by atoms with Crippen molar-refractivity contribution < 1.29 is 14.2 Å². The monoisotopic (exact) mass is 356 g/mol. The van der Waals surface area contributed by atoms with Gasteiger partial charge in [-0.15, -0.1) is 0 Å². The second-order valence-corrected chi connectivity index (χ2v) is 8.06. The lowest BCUT2D eigenvalue weighted by molar-refractivity contribution is -0.0686. The Balaban J connectivity index is 1.39. The Labute approximate surface area is 155 Å². The van der Waals surface area contributed by atoms with Crippen molar-refractivity contribution in [3.8, 4) is 0 Å². The molecule has 0 N–H and O–H groups in total. The summed E-state index contributed by atoms with van der Waals surface area (Å²) in [5.41, 5.74) is 0. The van der Waals surface area contributed by atoms with E-state index in [4.69, 9.17) is 14.2 Å². The van der Waals surface area contributed by atoms with Gasteiger partial charge in [0.15, 0.2) is 0 Å². The number of ether oxygens (including phenoxy) is 3. The van der Waals surface area contributed by atoms with E-state index in [0.29, 0.717) is 24.4 Å². The van der Waals surface area contributed by atoms with E-state index in [2.05, 4.69) is 37.5 Å². The first-order valence-electron chi connectivity index (χ1n) is 10.4. The lowest BCUT2D eigenvalue weighted by Crippen LogP contribution is -2.45. The molecular weight excluding hydrogens is 316 g/mol. The molecule has 0 spiro atoms. The van der Waals surface area contributed by atoms with E-state index in [1.54, 1.807) is 0 Å². The van der Waals surface area contributed by atoms with Crippen molar-refractivity contribution in [2.45, 2.75) is 77.8 Å². The summed E-state index contributed by atoms with van der Waals surface area (Å²) in [6.07, 6.45) is 6.27. The standard InChI is InChI=1S/C20H40N2O3/c1-17-13-21(14-18(2)24-17)9-5-7-11-23-12-8-6-10-22-15-19(3)25-20(4)16-22/h17-20H,5-16H2,1-4H3. The molecule has 0 amide bonds. The molecular formula is C20H40N2O3. The summed E-state index contributed by atoms with van der Waals surface area (Å²) in [7, 11) is 0. The van der Waals surface area contributed by atoms with E-state index in [1.165, 1.54) is 38.8 Å². The molecule has 0 bridgehead atoms. The van der Waals surface area contributed by atoms with Crippen LogP contribution in [0.3, 0.4) is 0 Å². The van der Waals surface area contributed by atoms with Crippen molar-refractivity contribution in [1.82, 2.24) is 9.80 Å². The summed E-state index contributed by atoms with van der Waals surface area (Å²) in [5, 5.41) is 0. The van der Waals surface area contributed by atoms with Crippen LogP contribution in [-0.4, -0.2) is 86.7 Å². The molecule has 0 aromatic rings. The average Bonchev–Trinajstić information content (AvgIpc) is 2.51. The summed E-state index contributed by atoms with van der Waals surface area (Å²) < 4.78 is 17.4. The fourth-order valence-corrected chi connectivity index (χ4v) is 4.12. The maximum absolute atomic E-state index is 5.81. The quantitative estimate of drug-likeness (QED) is 0.562. The highest BCUT2D eigenvalue weighted by atomic mass is 16.5. The van der Waals surface area contributed by atoms with Crippen LogP contribution < -0.4 is 0 Å². The molecule has 0 radical (unpaired) electrons. The van der Waals surface area contributed by atoms with Crippen molar-refractivity contribution in [1.29, 1.82) is 0 Å². The molecule has 25 heavy (non-hydrogen) atoms. The highest BCUT2D eigenvalue weighted by molar-refractivity contribution is 4.73. The Kier molecular flexibility index (Phi) is 9.71. The number of morpholine rings is 2. The number of rotatable bonds is 10. The van der Waals surface area contributed by atoms with E-state index in [9.17, 15) is 0 Å². The highest BCUT2D eigenvalue weighted by Crippen LogP contribution is 2.12. The molecule has 0 aromatic heterocycles. The van der Waals surface area contributed by atoms with Crippen LogP contribution in [0.25, 0.3) is 0 Å². The van der Waals surface area contributed by atoms with Gasteiger partial charge in [-0.1, -0.05) is 0 Å².